The van der Waals surface area contributed by atoms with Gasteiger partial charge in [-0.3, -0.25) is 14.5 Å². The average molecular weight is 381 g/mol. The fraction of sp³-hybridized carbons (Fsp3) is 0.273. The molecule has 28 heavy (non-hydrogen) atoms. The van der Waals surface area contributed by atoms with Gasteiger partial charge in [-0.2, -0.15) is 0 Å². The van der Waals surface area contributed by atoms with Gasteiger partial charge in [0.05, 0.1) is 6.54 Å². The Balaban J connectivity index is 1.44. The van der Waals surface area contributed by atoms with Crippen LogP contribution in [0, 0.1) is 12.7 Å². The average Bonchev–Trinajstić information content (AvgIpc) is 2.68. The Morgan fingerprint density at radius 2 is 1.79 bits per heavy atom. The second-order valence-electron chi connectivity index (χ2n) is 6.90. The minimum Gasteiger partial charge on any atom is -0.337 e. The fourth-order valence-electron chi connectivity index (χ4n) is 3.11. The first kappa shape index (κ1) is 19.8. The van der Waals surface area contributed by atoms with Crippen molar-refractivity contribution in [2.45, 2.75) is 6.92 Å². The molecule has 1 aliphatic heterocycles. The van der Waals surface area contributed by atoms with E-state index in [0.717, 1.165) is 11.1 Å². The highest BCUT2D eigenvalue weighted by molar-refractivity contribution is 5.93. The monoisotopic (exact) mass is 381 g/mol. The van der Waals surface area contributed by atoms with Crippen LogP contribution in [0.15, 0.2) is 54.6 Å². The zero-order valence-corrected chi connectivity index (χ0v) is 15.9. The lowest BCUT2D eigenvalue weighted by Crippen LogP contribution is -2.50. The first-order valence-electron chi connectivity index (χ1n) is 9.31. The summed E-state index contributed by atoms with van der Waals surface area (Å²) >= 11 is 0. The lowest BCUT2D eigenvalue weighted by molar-refractivity contribution is -0.127. The maximum absolute atomic E-state index is 12.9. The van der Waals surface area contributed by atoms with Gasteiger partial charge >= 0.3 is 0 Å². The zero-order chi connectivity index (χ0) is 19.9. The second-order valence-corrected chi connectivity index (χ2v) is 6.90. The van der Waals surface area contributed by atoms with Gasteiger partial charge in [0.2, 0.25) is 11.8 Å². The van der Waals surface area contributed by atoms with Gasteiger partial charge in [0.1, 0.15) is 5.82 Å². The number of nitrogens with one attached hydrogen (secondary N) is 1. The number of amides is 2. The van der Waals surface area contributed by atoms with Crippen molar-refractivity contribution in [1.82, 2.24) is 9.80 Å². The Hall–Kier alpha value is -2.99. The standard InChI is InChI=1S/C22H24FN3O2/c1-17-3-2-4-18(15-17)5-10-22(28)26-13-11-25(12-14-26)16-21(27)24-20-8-6-19(23)7-9-20/h2-10,15H,11-14,16H2,1H3,(H,24,27)/b10-5+. The van der Waals surface area contributed by atoms with E-state index >= 15 is 0 Å². The van der Waals surface area contributed by atoms with Crippen molar-refractivity contribution >= 4 is 23.6 Å². The van der Waals surface area contributed by atoms with Crippen molar-refractivity contribution in [1.29, 1.82) is 0 Å². The summed E-state index contributed by atoms with van der Waals surface area (Å²) in [6.45, 7) is 4.71. The van der Waals surface area contributed by atoms with Crippen LogP contribution in [-0.4, -0.2) is 54.3 Å². The zero-order valence-electron chi connectivity index (χ0n) is 15.9. The summed E-state index contributed by atoms with van der Waals surface area (Å²) in [6, 6.07) is 13.7. The number of carbonyl (C=O) groups excluding carboxylic acids is 2. The van der Waals surface area contributed by atoms with Gasteiger partial charge in [-0.1, -0.05) is 29.8 Å². The van der Waals surface area contributed by atoms with Crippen molar-refractivity contribution < 1.29 is 14.0 Å². The maximum atomic E-state index is 12.9. The number of carbonyl (C=O) groups is 2. The van der Waals surface area contributed by atoms with Crippen molar-refractivity contribution in [3.8, 4) is 0 Å². The number of nitrogens with zero attached hydrogens (tertiary/aromatic N) is 2. The molecule has 5 nitrogen and oxygen atoms in total. The van der Waals surface area contributed by atoms with Gasteiger partial charge < -0.3 is 10.2 Å². The molecule has 6 heteroatoms. The van der Waals surface area contributed by atoms with Crippen molar-refractivity contribution in [2.24, 2.45) is 0 Å². The van der Waals surface area contributed by atoms with E-state index in [4.69, 9.17) is 0 Å². The number of hydrogen-bond donors (Lipinski definition) is 1. The van der Waals surface area contributed by atoms with E-state index < -0.39 is 0 Å². The molecule has 1 aliphatic rings. The summed E-state index contributed by atoms with van der Waals surface area (Å²) in [4.78, 5) is 28.3. The van der Waals surface area contributed by atoms with E-state index in [1.165, 1.54) is 24.3 Å². The van der Waals surface area contributed by atoms with Gasteiger partial charge in [-0.05, 0) is 42.8 Å². The first-order chi connectivity index (χ1) is 13.5. The third-order valence-electron chi connectivity index (χ3n) is 4.64. The molecule has 1 N–H and O–H groups in total. The molecule has 0 spiro atoms. The minimum absolute atomic E-state index is 0.0167. The molecule has 146 valence electrons. The minimum atomic E-state index is -0.338. The molecule has 1 saturated heterocycles. The highest BCUT2D eigenvalue weighted by Crippen LogP contribution is 2.10. The molecule has 0 saturated carbocycles. The van der Waals surface area contributed by atoms with E-state index in [2.05, 4.69) is 5.32 Å². The van der Waals surface area contributed by atoms with Crippen LogP contribution >= 0.6 is 0 Å². The Kier molecular flexibility index (Phi) is 6.55. The van der Waals surface area contributed by atoms with E-state index in [1.807, 2.05) is 42.2 Å². The molecule has 0 radical (unpaired) electrons. The summed E-state index contributed by atoms with van der Waals surface area (Å²) in [6.07, 6.45) is 3.43. The van der Waals surface area contributed by atoms with E-state index in [1.54, 1.807) is 11.0 Å². The topological polar surface area (TPSA) is 52.7 Å². The van der Waals surface area contributed by atoms with Crippen molar-refractivity contribution in [3.05, 3.63) is 71.6 Å². The number of anilines is 1. The van der Waals surface area contributed by atoms with Gasteiger partial charge in [0.25, 0.3) is 0 Å². The Morgan fingerprint density at radius 1 is 1.07 bits per heavy atom. The normalized spacial score (nSPS) is 15.0. The molecule has 0 unspecified atom stereocenters. The van der Waals surface area contributed by atoms with Crippen LogP contribution < -0.4 is 5.32 Å². The first-order valence-corrected chi connectivity index (χ1v) is 9.31. The number of aryl methyl sites for hydroxylation is 1. The lowest BCUT2D eigenvalue weighted by Gasteiger charge is -2.33. The van der Waals surface area contributed by atoms with Crippen molar-refractivity contribution in [3.63, 3.8) is 0 Å². The highest BCUT2D eigenvalue weighted by atomic mass is 19.1. The Labute approximate surface area is 164 Å². The van der Waals surface area contributed by atoms with Crippen LogP contribution in [0.1, 0.15) is 11.1 Å². The lowest BCUT2D eigenvalue weighted by atomic mass is 10.1. The third-order valence-corrected chi connectivity index (χ3v) is 4.64. The fourth-order valence-corrected chi connectivity index (χ4v) is 3.11. The van der Waals surface area contributed by atoms with Gasteiger partial charge in [-0.25, -0.2) is 4.39 Å². The quantitative estimate of drug-likeness (QED) is 0.811. The number of halogens is 1. The molecule has 0 atom stereocenters. The largest absolute Gasteiger partial charge is 0.337 e. The molecule has 1 fully saturated rings. The number of hydrogen-bond acceptors (Lipinski definition) is 3. The summed E-state index contributed by atoms with van der Waals surface area (Å²) in [5, 5.41) is 2.75. The Morgan fingerprint density at radius 3 is 2.46 bits per heavy atom. The third kappa shape index (κ3) is 5.76. The van der Waals surface area contributed by atoms with Crippen LogP contribution in [0.4, 0.5) is 10.1 Å². The molecule has 0 bridgehead atoms. The second kappa shape index (κ2) is 9.28. The van der Waals surface area contributed by atoms with E-state index in [0.29, 0.717) is 31.9 Å². The molecular weight excluding hydrogens is 357 g/mol. The molecule has 1 heterocycles. The maximum Gasteiger partial charge on any atom is 0.246 e. The summed E-state index contributed by atoms with van der Waals surface area (Å²) in [5.74, 6) is -0.502. The van der Waals surface area contributed by atoms with E-state index in [9.17, 15) is 14.0 Å². The molecule has 2 amide bonds. The summed E-state index contributed by atoms with van der Waals surface area (Å²) in [5.41, 5.74) is 2.73. The highest BCUT2D eigenvalue weighted by Gasteiger charge is 2.21. The van der Waals surface area contributed by atoms with Crippen LogP contribution in [0.2, 0.25) is 0 Å². The molecule has 2 aromatic rings. The van der Waals surface area contributed by atoms with Crippen LogP contribution in [-0.2, 0) is 9.59 Å². The number of benzene rings is 2. The molecular formula is C22H24FN3O2. The number of rotatable bonds is 5. The molecule has 0 aliphatic carbocycles. The van der Waals surface area contributed by atoms with Crippen molar-refractivity contribution in [2.75, 3.05) is 38.0 Å². The van der Waals surface area contributed by atoms with Gasteiger partial charge in [0, 0.05) is 37.9 Å². The molecule has 2 aromatic carbocycles. The van der Waals surface area contributed by atoms with Gasteiger partial charge in [-0.15, -0.1) is 0 Å². The summed E-state index contributed by atoms with van der Waals surface area (Å²) < 4.78 is 12.9. The predicted molar refractivity (Wildman–Crippen MR) is 108 cm³/mol. The Bertz CT molecular complexity index is 856. The summed E-state index contributed by atoms with van der Waals surface area (Å²) in [7, 11) is 0. The SMILES string of the molecule is Cc1cccc(/C=C/C(=O)N2CCN(CC(=O)Nc3ccc(F)cc3)CC2)c1. The van der Waals surface area contributed by atoms with Crippen LogP contribution in [0.3, 0.4) is 0 Å². The smallest absolute Gasteiger partial charge is 0.246 e. The molecule has 3 rings (SSSR count). The predicted octanol–water partition coefficient (Wildman–Crippen LogP) is 2.93. The number of piperazine rings is 1. The van der Waals surface area contributed by atoms with Crippen LogP contribution in [0.25, 0.3) is 6.08 Å². The van der Waals surface area contributed by atoms with Crippen LogP contribution in [0.5, 0.6) is 0 Å². The van der Waals surface area contributed by atoms with Gasteiger partial charge in [0.15, 0.2) is 0 Å². The van der Waals surface area contributed by atoms with E-state index in [-0.39, 0.29) is 24.2 Å². The molecule has 0 aromatic heterocycles.